The van der Waals surface area contributed by atoms with Crippen molar-refractivity contribution in [2.24, 2.45) is 0 Å². The molecule has 0 unspecified atom stereocenters. The molecule has 1 aromatic rings. The average Bonchev–Trinajstić information content (AvgIpc) is 2.49. The van der Waals surface area contributed by atoms with Gasteiger partial charge < -0.3 is 30.4 Å². The van der Waals surface area contributed by atoms with Crippen LogP contribution in [0.25, 0.3) is 0 Å². The zero-order valence-corrected chi connectivity index (χ0v) is 16.2. The van der Waals surface area contributed by atoms with E-state index in [1.807, 2.05) is 45.0 Å². The van der Waals surface area contributed by atoms with E-state index in [1.165, 1.54) is 5.56 Å². The van der Waals surface area contributed by atoms with E-state index in [2.05, 4.69) is 19.6 Å². The lowest BCUT2D eigenvalue weighted by Gasteiger charge is -2.33. The molecule has 25 heavy (non-hydrogen) atoms. The Kier molecular flexibility index (Phi) is 12.5. The number of carbonyl (C=O) groups is 1. The molecule has 0 spiro atoms. The van der Waals surface area contributed by atoms with Crippen molar-refractivity contribution >= 4 is 18.7 Å². The molecule has 0 aromatic heterocycles. The number of benzene rings is 1. The van der Waals surface area contributed by atoms with Gasteiger partial charge in [-0.1, -0.05) is 17.7 Å². The highest BCUT2D eigenvalue weighted by Crippen LogP contribution is 2.12. The molecule has 0 radical (unpaired) electrons. The Morgan fingerprint density at radius 2 is 1.88 bits per heavy atom. The fourth-order valence-electron chi connectivity index (χ4n) is 1.87. The van der Waals surface area contributed by atoms with Crippen LogP contribution in [-0.2, 0) is 9.47 Å². The van der Waals surface area contributed by atoms with Crippen molar-refractivity contribution in [3.63, 3.8) is 0 Å². The largest absolute Gasteiger partial charge is 0.444 e. The SMILES string of the molecule is CC(C)(C)OC(=O)N1CCO[C@H](CO)C1.Cc1ccc(S)cc1.O.O. The van der Waals surface area contributed by atoms with Gasteiger partial charge in [0.1, 0.15) is 5.60 Å². The Bertz CT molecular complexity index is 468. The van der Waals surface area contributed by atoms with Gasteiger partial charge in [-0.3, -0.25) is 0 Å². The molecule has 2 rings (SSSR count). The van der Waals surface area contributed by atoms with Crippen LogP contribution in [0.1, 0.15) is 26.3 Å². The molecular weight excluding hydrogens is 346 g/mol. The van der Waals surface area contributed by atoms with Crippen molar-refractivity contribution in [1.29, 1.82) is 0 Å². The number of morpholine rings is 1. The summed E-state index contributed by atoms with van der Waals surface area (Å²) in [6.07, 6.45) is -0.629. The van der Waals surface area contributed by atoms with E-state index >= 15 is 0 Å². The third-order valence-electron chi connectivity index (χ3n) is 3.03. The summed E-state index contributed by atoms with van der Waals surface area (Å²) in [4.78, 5) is 14.2. The second-order valence-corrected chi connectivity index (χ2v) is 6.95. The van der Waals surface area contributed by atoms with Gasteiger partial charge in [0.2, 0.25) is 0 Å². The van der Waals surface area contributed by atoms with E-state index in [0.717, 1.165) is 4.90 Å². The molecule has 1 amide bonds. The van der Waals surface area contributed by atoms with E-state index in [1.54, 1.807) is 4.90 Å². The molecule has 1 aliphatic heterocycles. The molecule has 146 valence electrons. The quantitative estimate of drug-likeness (QED) is 0.715. The molecule has 1 atom stereocenters. The number of aliphatic hydroxyl groups is 1. The lowest BCUT2D eigenvalue weighted by Crippen LogP contribution is -2.48. The Labute approximate surface area is 155 Å². The Morgan fingerprint density at radius 3 is 2.32 bits per heavy atom. The molecule has 1 aromatic carbocycles. The lowest BCUT2D eigenvalue weighted by atomic mass is 10.2. The van der Waals surface area contributed by atoms with Crippen LogP contribution in [0, 0.1) is 6.92 Å². The zero-order valence-electron chi connectivity index (χ0n) is 15.3. The second kappa shape index (κ2) is 12.1. The molecule has 0 bridgehead atoms. The summed E-state index contributed by atoms with van der Waals surface area (Å²) < 4.78 is 10.5. The van der Waals surface area contributed by atoms with Gasteiger partial charge in [-0.25, -0.2) is 4.79 Å². The molecule has 1 saturated heterocycles. The second-order valence-electron chi connectivity index (χ2n) is 6.44. The first-order valence-electron chi connectivity index (χ1n) is 7.67. The van der Waals surface area contributed by atoms with Crippen LogP contribution in [0.5, 0.6) is 0 Å². The number of aryl methyl sites for hydroxylation is 1. The standard InChI is InChI=1S/C10H19NO4.C7H8S.2H2O/c1-10(2,3)15-9(13)11-4-5-14-8(6-11)7-12;1-6-2-4-7(8)5-3-6;;/h8,12H,4-7H2,1-3H3;2-5,8H,1H3;2*1H2/t8-;;;/m0.../s1. The smallest absolute Gasteiger partial charge is 0.410 e. The minimum Gasteiger partial charge on any atom is -0.444 e. The first kappa shape index (κ1) is 25.9. The molecular formula is C17H31NO6S. The van der Waals surface area contributed by atoms with Crippen molar-refractivity contribution < 1.29 is 30.3 Å². The maximum absolute atomic E-state index is 11.6. The number of thiol groups is 1. The van der Waals surface area contributed by atoms with Crippen LogP contribution < -0.4 is 0 Å². The summed E-state index contributed by atoms with van der Waals surface area (Å²) in [5.74, 6) is 0. The Morgan fingerprint density at radius 1 is 1.32 bits per heavy atom. The first-order chi connectivity index (χ1) is 10.7. The van der Waals surface area contributed by atoms with Crippen LogP contribution in [0.15, 0.2) is 29.2 Å². The van der Waals surface area contributed by atoms with Crippen LogP contribution in [0.3, 0.4) is 0 Å². The third kappa shape index (κ3) is 11.0. The first-order valence-corrected chi connectivity index (χ1v) is 8.12. The molecule has 1 aliphatic rings. The van der Waals surface area contributed by atoms with Gasteiger partial charge in [0.15, 0.2) is 0 Å². The van der Waals surface area contributed by atoms with Crippen LogP contribution >= 0.6 is 12.6 Å². The van der Waals surface area contributed by atoms with Gasteiger partial charge in [-0.05, 0) is 39.8 Å². The highest BCUT2D eigenvalue weighted by atomic mass is 32.1. The van der Waals surface area contributed by atoms with Gasteiger partial charge in [0.05, 0.1) is 25.9 Å². The van der Waals surface area contributed by atoms with Gasteiger partial charge in [-0.15, -0.1) is 12.6 Å². The number of aliphatic hydroxyl groups excluding tert-OH is 1. The summed E-state index contributed by atoms with van der Waals surface area (Å²) in [6.45, 7) is 8.84. The topological polar surface area (TPSA) is 122 Å². The maximum atomic E-state index is 11.6. The minimum absolute atomic E-state index is 0. The fraction of sp³-hybridized carbons (Fsp3) is 0.588. The van der Waals surface area contributed by atoms with E-state index in [9.17, 15) is 4.79 Å². The number of nitrogens with zero attached hydrogens (tertiary/aromatic N) is 1. The van der Waals surface area contributed by atoms with Crippen LogP contribution in [0.4, 0.5) is 4.79 Å². The minimum atomic E-state index is -0.482. The normalized spacial score (nSPS) is 16.6. The van der Waals surface area contributed by atoms with E-state index in [0.29, 0.717) is 19.7 Å². The van der Waals surface area contributed by atoms with Crippen molar-refractivity contribution in [2.45, 2.75) is 44.3 Å². The molecule has 5 N–H and O–H groups in total. The summed E-state index contributed by atoms with van der Waals surface area (Å²) in [5.41, 5.74) is 0.798. The fourth-order valence-corrected chi connectivity index (χ4v) is 2.02. The van der Waals surface area contributed by atoms with Gasteiger partial charge in [0.25, 0.3) is 0 Å². The van der Waals surface area contributed by atoms with Gasteiger partial charge >= 0.3 is 6.09 Å². The van der Waals surface area contributed by atoms with Gasteiger partial charge in [-0.2, -0.15) is 0 Å². The molecule has 8 heteroatoms. The number of amides is 1. The summed E-state index contributed by atoms with van der Waals surface area (Å²) in [7, 11) is 0. The zero-order chi connectivity index (χ0) is 17.5. The van der Waals surface area contributed by atoms with Crippen molar-refractivity contribution in [3.8, 4) is 0 Å². The number of hydrogen-bond acceptors (Lipinski definition) is 5. The predicted molar refractivity (Wildman–Crippen MR) is 100 cm³/mol. The molecule has 7 nitrogen and oxygen atoms in total. The monoisotopic (exact) mass is 377 g/mol. The summed E-state index contributed by atoms with van der Waals surface area (Å²) >= 11 is 4.13. The number of hydrogen-bond donors (Lipinski definition) is 2. The summed E-state index contributed by atoms with van der Waals surface area (Å²) in [6, 6.07) is 8.06. The predicted octanol–water partition coefficient (Wildman–Crippen LogP) is 1.25. The molecule has 0 saturated carbocycles. The molecule has 1 fully saturated rings. The van der Waals surface area contributed by atoms with Crippen molar-refractivity contribution in [3.05, 3.63) is 29.8 Å². The number of rotatable bonds is 1. The number of ether oxygens (including phenoxy) is 2. The molecule has 0 aliphatic carbocycles. The van der Waals surface area contributed by atoms with Crippen molar-refractivity contribution in [2.75, 3.05) is 26.3 Å². The van der Waals surface area contributed by atoms with E-state index in [4.69, 9.17) is 14.6 Å². The lowest BCUT2D eigenvalue weighted by molar-refractivity contribution is -0.0593. The van der Waals surface area contributed by atoms with Crippen LogP contribution in [-0.4, -0.2) is 65.1 Å². The molecule has 1 heterocycles. The van der Waals surface area contributed by atoms with E-state index < -0.39 is 5.60 Å². The van der Waals surface area contributed by atoms with Crippen molar-refractivity contribution in [1.82, 2.24) is 4.90 Å². The maximum Gasteiger partial charge on any atom is 0.410 e. The van der Waals surface area contributed by atoms with Gasteiger partial charge in [0, 0.05) is 11.4 Å². The average molecular weight is 378 g/mol. The Hall–Kier alpha value is -1.32. The highest BCUT2D eigenvalue weighted by Gasteiger charge is 2.27. The highest BCUT2D eigenvalue weighted by molar-refractivity contribution is 7.80. The van der Waals surface area contributed by atoms with Crippen LogP contribution in [0.2, 0.25) is 0 Å². The Balaban J connectivity index is 0. The summed E-state index contributed by atoms with van der Waals surface area (Å²) in [5, 5.41) is 8.92. The van der Waals surface area contributed by atoms with E-state index in [-0.39, 0.29) is 29.8 Å². The number of carbonyl (C=O) groups excluding carboxylic acids is 1. The third-order valence-corrected chi connectivity index (χ3v) is 3.33.